The highest BCUT2D eigenvalue weighted by Gasteiger charge is 2.33. The van der Waals surface area contributed by atoms with E-state index in [4.69, 9.17) is 4.42 Å². The fourth-order valence-corrected chi connectivity index (χ4v) is 2.84. The molecule has 1 saturated carbocycles. The SMILES string of the molecule is CN(CC1(O)CCCC1)C(=O)CNC(=O)c1ccc(Br)o1. The predicted octanol–water partition coefficient (Wildman–Crippen LogP) is 1.54. The monoisotopic (exact) mass is 358 g/mol. The molecule has 2 rings (SSSR count). The highest BCUT2D eigenvalue weighted by Crippen LogP contribution is 2.29. The van der Waals surface area contributed by atoms with Crippen molar-refractivity contribution in [2.75, 3.05) is 20.1 Å². The number of nitrogens with zero attached hydrogens (tertiary/aromatic N) is 1. The summed E-state index contributed by atoms with van der Waals surface area (Å²) in [6.07, 6.45) is 3.42. The minimum Gasteiger partial charge on any atom is -0.444 e. The number of hydrogen-bond acceptors (Lipinski definition) is 4. The average molecular weight is 359 g/mol. The van der Waals surface area contributed by atoms with Gasteiger partial charge in [-0.15, -0.1) is 0 Å². The van der Waals surface area contributed by atoms with E-state index >= 15 is 0 Å². The Balaban J connectivity index is 1.79. The number of likely N-dealkylation sites (N-methyl/N-ethyl adjacent to an activating group) is 1. The number of nitrogens with one attached hydrogen (secondary N) is 1. The van der Waals surface area contributed by atoms with Crippen molar-refractivity contribution in [3.05, 3.63) is 22.6 Å². The Morgan fingerprint density at radius 2 is 2.10 bits per heavy atom. The summed E-state index contributed by atoms with van der Waals surface area (Å²) in [6, 6.07) is 3.13. The number of rotatable bonds is 5. The number of aliphatic hydroxyl groups is 1. The molecule has 0 saturated heterocycles. The first-order valence-electron chi connectivity index (χ1n) is 6.89. The van der Waals surface area contributed by atoms with Crippen LogP contribution in [0.2, 0.25) is 0 Å². The van der Waals surface area contributed by atoms with Crippen molar-refractivity contribution in [1.82, 2.24) is 10.2 Å². The molecule has 7 heteroatoms. The van der Waals surface area contributed by atoms with Gasteiger partial charge in [0.15, 0.2) is 10.4 Å². The smallest absolute Gasteiger partial charge is 0.287 e. The van der Waals surface area contributed by atoms with Gasteiger partial charge < -0.3 is 19.7 Å². The van der Waals surface area contributed by atoms with Gasteiger partial charge in [-0.05, 0) is 40.9 Å². The van der Waals surface area contributed by atoms with Crippen LogP contribution in [0.1, 0.15) is 36.2 Å². The van der Waals surface area contributed by atoms with E-state index in [1.807, 2.05) is 0 Å². The summed E-state index contributed by atoms with van der Waals surface area (Å²) in [5, 5.41) is 12.8. The molecule has 0 atom stereocenters. The third-order valence-corrected chi connectivity index (χ3v) is 4.11. The molecule has 1 heterocycles. The summed E-state index contributed by atoms with van der Waals surface area (Å²) in [5.41, 5.74) is -0.777. The van der Waals surface area contributed by atoms with Crippen LogP contribution in [-0.2, 0) is 4.79 Å². The van der Waals surface area contributed by atoms with Crippen molar-refractivity contribution >= 4 is 27.7 Å². The van der Waals surface area contributed by atoms with E-state index in [2.05, 4.69) is 21.2 Å². The van der Waals surface area contributed by atoms with Crippen molar-refractivity contribution in [3.8, 4) is 0 Å². The van der Waals surface area contributed by atoms with Crippen molar-refractivity contribution in [2.24, 2.45) is 0 Å². The lowest BCUT2D eigenvalue weighted by Gasteiger charge is -2.28. The lowest BCUT2D eigenvalue weighted by atomic mass is 10.0. The summed E-state index contributed by atoms with van der Waals surface area (Å²) in [4.78, 5) is 25.2. The van der Waals surface area contributed by atoms with Crippen LogP contribution in [0.25, 0.3) is 0 Å². The molecule has 6 nitrogen and oxygen atoms in total. The molecule has 0 aliphatic heterocycles. The molecule has 0 spiro atoms. The van der Waals surface area contributed by atoms with Crippen molar-refractivity contribution in [1.29, 1.82) is 0 Å². The predicted molar refractivity (Wildman–Crippen MR) is 79.8 cm³/mol. The zero-order valence-corrected chi connectivity index (χ0v) is 13.5. The summed E-state index contributed by atoms with van der Waals surface area (Å²) < 4.78 is 5.56. The molecule has 1 fully saturated rings. The Bertz CT molecular complexity index is 523. The van der Waals surface area contributed by atoms with Crippen molar-refractivity contribution < 1.29 is 19.1 Å². The quantitative estimate of drug-likeness (QED) is 0.836. The molecule has 1 aromatic heterocycles. The maximum absolute atomic E-state index is 12.0. The summed E-state index contributed by atoms with van der Waals surface area (Å²) >= 11 is 3.11. The van der Waals surface area contributed by atoms with Gasteiger partial charge in [0.1, 0.15) is 0 Å². The molecule has 116 valence electrons. The van der Waals surface area contributed by atoms with Gasteiger partial charge in [0, 0.05) is 13.6 Å². The molecule has 0 unspecified atom stereocenters. The number of carbonyl (C=O) groups excluding carboxylic acids is 2. The van der Waals surface area contributed by atoms with Crippen molar-refractivity contribution in [2.45, 2.75) is 31.3 Å². The number of halogens is 1. The molecule has 2 N–H and O–H groups in total. The second kappa shape index (κ2) is 6.62. The topological polar surface area (TPSA) is 82.8 Å². The van der Waals surface area contributed by atoms with Gasteiger partial charge in [0.2, 0.25) is 5.91 Å². The molecule has 1 aliphatic rings. The fourth-order valence-electron chi connectivity index (χ4n) is 2.54. The molecule has 1 aliphatic carbocycles. The Kier molecular flexibility index (Phi) is 5.05. The van der Waals surface area contributed by atoms with Crippen LogP contribution in [0.4, 0.5) is 0 Å². The van der Waals surface area contributed by atoms with E-state index in [9.17, 15) is 14.7 Å². The highest BCUT2D eigenvalue weighted by molar-refractivity contribution is 9.10. The average Bonchev–Trinajstić information content (AvgIpc) is 3.04. The van der Waals surface area contributed by atoms with Gasteiger partial charge in [0.05, 0.1) is 12.1 Å². The second-order valence-corrected chi connectivity index (χ2v) is 6.25. The van der Waals surface area contributed by atoms with Crippen LogP contribution < -0.4 is 5.32 Å². The first-order chi connectivity index (χ1) is 9.89. The largest absolute Gasteiger partial charge is 0.444 e. The van der Waals surface area contributed by atoms with Gasteiger partial charge in [-0.1, -0.05) is 12.8 Å². The van der Waals surface area contributed by atoms with Crippen LogP contribution in [0.3, 0.4) is 0 Å². The van der Waals surface area contributed by atoms with Crippen LogP contribution in [0.15, 0.2) is 21.2 Å². The normalized spacial score (nSPS) is 16.7. The van der Waals surface area contributed by atoms with Gasteiger partial charge in [-0.3, -0.25) is 9.59 Å². The van der Waals surface area contributed by atoms with E-state index in [1.165, 1.54) is 11.0 Å². The fraction of sp³-hybridized carbons (Fsp3) is 0.571. The highest BCUT2D eigenvalue weighted by atomic mass is 79.9. The molecule has 2 amide bonds. The van der Waals surface area contributed by atoms with E-state index < -0.39 is 11.5 Å². The summed E-state index contributed by atoms with van der Waals surface area (Å²) in [6.45, 7) is 0.178. The summed E-state index contributed by atoms with van der Waals surface area (Å²) in [7, 11) is 1.63. The molecule has 0 radical (unpaired) electrons. The maximum Gasteiger partial charge on any atom is 0.287 e. The Morgan fingerprint density at radius 3 is 2.67 bits per heavy atom. The third-order valence-electron chi connectivity index (χ3n) is 3.69. The van der Waals surface area contributed by atoms with Crippen molar-refractivity contribution in [3.63, 3.8) is 0 Å². The number of furan rings is 1. The zero-order chi connectivity index (χ0) is 15.5. The molecular weight excluding hydrogens is 340 g/mol. The minimum atomic E-state index is -0.777. The number of carbonyl (C=O) groups is 2. The van der Waals surface area contributed by atoms with Crippen LogP contribution in [0.5, 0.6) is 0 Å². The molecular formula is C14H19BrN2O4. The third kappa shape index (κ3) is 4.31. The van der Waals surface area contributed by atoms with Crippen LogP contribution >= 0.6 is 15.9 Å². The first kappa shape index (κ1) is 16.0. The number of hydrogen-bond donors (Lipinski definition) is 2. The lowest BCUT2D eigenvalue weighted by molar-refractivity contribution is -0.132. The Labute approximate surface area is 131 Å². The molecule has 21 heavy (non-hydrogen) atoms. The van der Waals surface area contributed by atoms with E-state index in [0.717, 1.165) is 25.7 Å². The van der Waals surface area contributed by atoms with Gasteiger partial charge in [-0.25, -0.2) is 0 Å². The molecule has 1 aromatic rings. The first-order valence-corrected chi connectivity index (χ1v) is 7.69. The number of amides is 2. The lowest BCUT2D eigenvalue weighted by Crippen LogP contribution is -2.45. The zero-order valence-electron chi connectivity index (χ0n) is 11.9. The van der Waals surface area contributed by atoms with E-state index in [-0.39, 0.29) is 18.2 Å². The van der Waals surface area contributed by atoms with Crippen LogP contribution in [-0.4, -0.2) is 47.6 Å². The standard InChI is InChI=1S/C14H19BrN2O4/c1-17(9-14(20)6-2-3-7-14)12(18)8-16-13(19)10-4-5-11(15)21-10/h4-5,20H,2-3,6-9H2,1H3,(H,16,19). The Hall–Kier alpha value is -1.34. The Morgan fingerprint density at radius 1 is 1.43 bits per heavy atom. The minimum absolute atomic E-state index is 0.121. The second-order valence-electron chi connectivity index (χ2n) is 5.47. The van der Waals surface area contributed by atoms with Gasteiger partial charge in [-0.2, -0.15) is 0 Å². The van der Waals surface area contributed by atoms with E-state index in [1.54, 1.807) is 13.1 Å². The van der Waals surface area contributed by atoms with E-state index in [0.29, 0.717) is 11.2 Å². The van der Waals surface area contributed by atoms with Gasteiger partial charge >= 0.3 is 0 Å². The van der Waals surface area contributed by atoms with Crippen LogP contribution in [0, 0.1) is 0 Å². The maximum atomic E-state index is 12.0. The molecule has 0 bridgehead atoms. The van der Waals surface area contributed by atoms with Gasteiger partial charge in [0.25, 0.3) is 5.91 Å². The molecule has 0 aromatic carbocycles. The summed E-state index contributed by atoms with van der Waals surface area (Å²) in [5.74, 6) is -0.539.